The third-order valence-corrected chi connectivity index (χ3v) is 9.73. The lowest BCUT2D eigenvalue weighted by Crippen LogP contribution is -2.55. The molecule has 0 spiro atoms. The number of hydrogen-bond acceptors (Lipinski definition) is 8. The molecular formula is C35H36Cl2F4N6O5. The number of halogens is 6. The molecule has 0 saturated carbocycles. The highest BCUT2D eigenvalue weighted by atomic mass is 35.5. The second-order valence-electron chi connectivity index (χ2n) is 13.6. The highest BCUT2D eigenvalue weighted by Gasteiger charge is 2.42. The summed E-state index contributed by atoms with van der Waals surface area (Å²) in [6, 6.07) is 1.05. The van der Waals surface area contributed by atoms with Crippen LogP contribution in [0, 0.1) is 5.82 Å². The summed E-state index contributed by atoms with van der Waals surface area (Å²) in [4.78, 5) is 50.3. The van der Waals surface area contributed by atoms with E-state index >= 15 is 17.6 Å². The number of benzene rings is 1. The molecule has 11 nitrogen and oxygen atoms in total. The van der Waals surface area contributed by atoms with E-state index in [1.165, 1.54) is 17.3 Å². The van der Waals surface area contributed by atoms with Gasteiger partial charge in [-0.1, -0.05) is 37.0 Å². The highest BCUT2D eigenvalue weighted by molar-refractivity contribution is 6.37. The molecule has 52 heavy (non-hydrogen) atoms. The summed E-state index contributed by atoms with van der Waals surface area (Å²) in [5, 5.41) is -1.35. The van der Waals surface area contributed by atoms with Crippen molar-refractivity contribution in [2.75, 3.05) is 36.9 Å². The van der Waals surface area contributed by atoms with Crippen molar-refractivity contribution in [1.82, 2.24) is 19.0 Å². The van der Waals surface area contributed by atoms with Crippen molar-refractivity contribution >= 4 is 51.6 Å². The SMILES string of the molecule is CCc1cncc(CC)c1-n1c(=O)c2c(c3cc(C(F)(F)F)n(-c4c(N)c(Cl)cc(Cl)c4F)c(=O)c31)N1CCN(C(=O)OC(C)(C)C)C[C@@H]1CCO2. The van der Waals surface area contributed by atoms with E-state index in [0.29, 0.717) is 30.0 Å². The van der Waals surface area contributed by atoms with Gasteiger partial charge in [-0.05, 0) is 56.9 Å². The Morgan fingerprint density at radius 3 is 2.23 bits per heavy atom. The molecule has 3 aromatic heterocycles. The average molecular weight is 768 g/mol. The van der Waals surface area contributed by atoms with Crippen LogP contribution in [0.3, 0.4) is 0 Å². The van der Waals surface area contributed by atoms with Gasteiger partial charge in [0, 0.05) is 43.8 Å². The molecule has 17 heteroatoms. The molecule has 0 aliphatic carbocycles. The minimum Gasteiger partial charge on any atom is -0.486 e. The molecule has 6 rings (SSSR count). The van der Waals surface area contributed by atoms with E-state index in [1.54, 1.807) is 39.5 Å². The lowest BCUT2D eigenvalue weighted by molar-refractivity contribution is -0.142. The lowest BCUT2D eigenvalue weighted by atomic mass is 10.0. The monoisotopic (exact) mass is 766 g/mol. The van der Waals surface area contributed by atoms with Crippen LogP contribution in [-0.2, 0) is 23.8 Å². The smallest absolute Gasteiger partial charge is 0.431 e. The van der Waals surface area contributed by atoms with Gasteiger partial charge in [0.05, 0.1) is 39.8 Å². The maximum Gasteiger partial charge on any atom is 0.431 e. The Labute approximate surface area is 305 Å². The van der Waals surface area contributed by atoms with E-state index in [0.717, 1.165) is 10.6 Å². The number of anilines is 2. The maximum atomic E-state index is 15.8. The van der Waals surface area contributed by atoms with Gasteiger partial charge < -0.3 is 25.0 Å². The fraction of sp³-hybridized carbons (Fsp3) is 0.429. The fourth-order valence-electron chi connectivity index (χ4n) is 6.83. The molecule has 1 aromatic carbocycles. The van der Waals surface area contributed by atoms with Gasteiger partial charge in [-0.25, -0.2) is 9.18 Å². The Morgan fingerprint density at radius 1 is 0.981 bits per heavy atom. The number of alkyl halides is 3. The van der Waals surface area contributed by atoms with Crippen LogP contribution in [0.25, 0.3) is 22.3 Å². The fourth-order valence-corrected chi connectivity index (χ4v) is 7.29. The zero-order valence-corrected chi connectivity index (χ0v) is 30.5. The standard InChI is InChI=1S/C35H36Cl2F4N6O5/c1-6-17-14-43-15-18(7-2)26(17)47-28-20(12-23(35(39,40)41)46(31(28)48)29-24(38)21(36)13-22(37)25(29)42)27-30(32(47)49)51-11-8-19-16-44(9-10-45(19)27)33(50)52-34(3,4)5/h12-15,19H,6-11,16,42H2,1-5H3/t19-/m0/s1. The van der Waals surface area contributed by atoms with Crippen LogP contribution in [0.5, 0.6) is 5.75 Å². The number of nitrogen functional groups attached to an aromatic ring is 1. The minimum atomic E-state index is -5.27. The molecule has 2 aliphatic heterocycles. The van der Waals surface area contributed by atoms with Gasteiger partial charge in [-0.3, -0.25) is 23.7 Å². The largest absolute Gasteiger partial charge is 0.486 e. The van der Waals surface area contributed by atoms with Crippen molar-refractivity contribution in [1.29, 1.82) is 0 Å². The van der Waals surface area contributed by atoms with Gasteiger partial charge in [0.2, 0.25) is 5.75 Å². The third-order valence-electron chi connectivity index (χ3n) is 9.14. The minimum absolute atomic E-state index is 0.0271. The number of aromatic nitrogens is 3. The molecule has 278 valence electrons. The number of piperazine rings is 1. The summed E-state index contributed by atoms with van der Waals surface area (Å²) in [6.45, 7) is 9.00. The first-order valence-corrected chi connectivity index (χ1v) is 17.4. The molecule has 0 bridgehead atoms. The summed E-state index contributed by atoms with van der Waals surface area (Å²) in [5.74, 6) is -1.70. The molecule has 1 amide bonds. The van der Waals surface area contributed by atoms with E-state index in [4.69, 9.17) is 38.4 Å². The number of aryl methyl sites for hydroxylation is 2. The van der Waals surface area contributed by atoms with Crippen LogP contribution >= 0.6 is 23.2 Å². The van der Waals surface area contributed by atoms with Crippen LogP contribution in [0.1, 0.15) is 57.9 Å². The number of carbonyl (C=O) groups is 1. The van der Waals surface area contributed by atoms with Crippen LogP contribution in [0.2, 0.25) is 10.0 Å². The summed E-state index contributed by atoms with van der Waals surface area (Å²) in [5.41, 5.74) is 0.470. The molecule has 4 aromatic rings. The predicted octanol–water partition coefficient (Wildman–Crippen LogP) is 6.92. The Kier molecular flexibility index (Phi) is 9.66. The first kappa shape index (κ1) is 37.3. The molecular weight excluding hydrogens is 731 g/mol. The van der Waals surface area contributed by atoms with Crippen molar-refractivity contribution in [3.05, 3.63) is 77.9 Å². The van der Waals surface area contributed by atoms with Crippen molar-refractivity contribution in [3.8, 4) is 17.1 Å². The first-order valence-electron chi connectivity index (χ1n) is 16.6. The second-order valence-corrected chi connectivity index (χ2v) is 14.4. The van der Waals surface area contributed by atoms with Crippen LogP contribution in [0.15, 0.2) is 34.1 Å². The summed E-state index contributed by atoms with van der Waals surface area (Å²) < 4.78 is 74.2. The quantitative estimate of drug-likeness (QED) is 0.135. The molecule has 2 aliphatic rings. The van der Waals surface area contributed by atoms with Crippen molar-refractivity contribution in [2.24, 2.45) is 0 Å². The van der Waals surface area contributed by atoms with Gasteiger partial charge >= 0.3 is 12.3 Å². The third kappa shape index (κ3) is 6.31. The number of nitrogens with zero attached hydrogens (tertiary/aromatic N) is 5. The van der Waals surface area contributed by atoms with Crippen molar-refractivity contribution < 1.29 is 31.8 Å². The molecule has 0 radical (unpaired) electrons. The topological polar surface area (TPSA) is 125 Å². The second kappa shape index (κ2) is 13.5. The van der Waals surface area contributed by atoms with E-state index in [9.17, 15) is 14.4 Å². The molecule has 1 atom stereocenters. The lowest BCUT2D eigenvalue weighted by Gasteiger charge is -2.42. The molecule has 0 unspecified atom stereocenters. The summed E-state index contributed by atoms with van der Waals surface area (Å²) >= 11 is 12.2. The van der Waals surface area contributed by atoms with Gasteiger partial charge in [-0.2, -0.15) is 13.2 Å². The van der Waals surface area contributed by atoms with E-state index in [2.05, 4.69) is 4.98 Å². The van der Waals surface area contributed by atoms with E-state index in [-0.39, 0.29) is 59.7 Å². The number of fused-ring (bicyclic) bond motifs is 5. The number of pyridine rings is 3. The van der Waals surface area contributed by atoms with Crippen LogP contribution < -0.4 is 26.5 Å². The Hall–Kier alpha value is -4.50. The number of rotatable bonds is 4. The van der Waals surface area contributed by atoms with Crippen LogP contribution in [0.4, 0.5) is 33.7 Å². The predicted molar refractivity (Wildman–Crippen MR) is 190 cm³/mol. The Morgan fingerprint density at radius 2 is 1.63 bits per heavy atom. The molecule has 1 fully saturated rings. The number of amides is 1. The van der Waals surface area contributed by atoms with E-state index < -0.39 is 73.5 Å². The molecule has 5 heterocycles. The van der Waals surface area contributed by atoms with Gasteiger partial charge in [0.15, 0.2) is 5.82 Å². The summed E-state index contributed by atoms with van der Waals surface area (Å²) in [7, 11) is 0. The first-order chi connectivity index (χ1) is 24.4. The van der Waals surface area contributed by atoms with Gasteiger partial charge in [-0.15, -0.1) is 0 Å². The molecule has 1 saturated heterocycles. The number of carbonyl (C=O) groups excluding carboxylic acids is 1. The van der Waals surface area contributed by atoms with Gasteiger partial charge in [0.25, 0.3) is 11.1 Å². The zero-order valence-electron chi connectivity index (χ0n) is 29.0. The normalized spacial score (nSPS) is 16.3. The maximum absolute atomic E-state index is 15.8. The molecule has 2 N–H and O–H groups in total. The van der Waals surface area contributed by atoms with Crippen molar-refractivity contribution in [2.45, 2.75) is 71.7 Å². The number of hydrogen-bond donors (Lipinski definition) is 1. The zero-order chi connectivity index (χ0) is 38.0. The van der Waals surface area contributed by atoms with E-state index in [1.807, 2.05) is 0 Å². The number of ether oxygens (including phenoxy) is 2. The summed E-state index contributed by atoms with van der Waals surface area (Å²) in [6.07, 6.45) is -1.90. The Balaban J connectivity index is 1.77. The number of nitrogens with two attached hydrogens (primary N) is 1. The highest BCUT2D eigenvalue weighted by Crippen LogP contribution is 2.43. The Bertz CT molecular complexity index is 2190. The van der Waals surface area contributed by atoms with Crippen LogP contribution in [-0.4, -0.2) is 63.0 Å². The van der Waals surface area contributed by atoms with Gasteiger partial charge in [0.1, 0.15) is 22.5 Å². The van der Waals surface area contributed by atoms with Crippen molar-refractivity contribution in [3.63, 3.8) is 0 Å². The average Bonchev–Trinajstić information content (AvgIpc) is 3.27.